The summed E-state index contributed by atoms with van der Waals surface area (Å²) in [7, 11) is 3.17. The molecule has 1 aliphatic heterocycles. The molecule has 5 rings (SSSR count). The lowest BCUT2D eigenvalue weighted by Gasteiger charge is -2.33. The highest BCUT2D eigenvalue weighted by atomic mass is 19.4. The van der Waals surface area contributed by atoms with E-state index in [1.807, 2.05) is 48.5 Å². The fraction of sp³-hybridized carbons (Fsp3) is 0.296. The standard InChI is InChI=1S/C27H26F3N3O2/c1-17-23(34-3)15-20(24(27(28,29)30)25(17)35-16-18-8-5-4-6-9-18)26-31-21-14-19(33-12-7-13-33)10-11-22(21)32(26)2/h4-6,8-11,14-15H,7,12-13,16H2,1-3H3. The predicted molar refractivity (Wildman–Crippen MR) is 130 cm³/mol. The van der Waals surface area contributed by atoms with Crippen molar-refractivity contribution in [2.24, 2.45) is 7.05 Å². The maximum absolute atomic E-state index is 14.6. The Morgan fingerprint density at radius 1 is 1.03 bits per heavy atom. The van der Waals surface area contributed by atoms with E-state index in [0.29, 0.717) is 16.8 Å². The van der Waals surface area contributed by atoms with Gasteiger partial charge in [0.2, 0.25) is 0 Å². The lowest BCUT2D eigenvalue weighted by Crippen LogP contribution is -2.36. The van der Waals surface area contributed by atoms with E-state index in [4.69, 9.17) is 9.47 Å². The van der Waals surface area contributed by atoms with Gasteiger partial charge in [0.15, 0.2) is 0 Å². The van der Waals surface area contributed by atoms with Crippen molar-refractivity contribution in [3.63, 3.8) is 0 Å². The van der Waals surface area contributed by atoms with Gasteiger partial charge in [-0.1, -0.05) is 30.3 Å². The first kappa shape index (κ1) is 23.1. The molecule has 2 heterocycles. The van der Waals surface area contributed by atoms with Crippen molar-refractivity contribution in [1.29, 1.82) is 0 Å². The van der Waals surface area contributed by atoms with E-state index in [0.717, 1.165) is 36.3 Å². The number of ether oxygens (including phenoxy) is 2. The number of hydrogen-bond donors (Lipinski definition) is 0. The second-order valence-electron chi connectivity index (χ2n) is 8.74. The first-order valence-corrected chi connectivity index (χ1v) is 11.4. The molecule has 0 aliphatic carbocycles. The summed E-state index contributed by atoms with van der Waals surface area (Å²) in [5.74, 6) is 0.268. The largest absolute Gasteiger partial charge is 0.496 e. The number of hydrogen-bond acceptors (Lipinski definition) is 4. The molecule has 182 valence electrons. The van der Waals surface area contributed by atoms with E-state index < -0.39 is 11.7 Å². The van der Waals surface area contributed by atoms with Crippen LogP contribution in [0.4, 0.5) is 18.9 Å². The number of rotatable bonds is 6. The molecule has 4 aromatic rings. The monoisotopic (exact) mass is 481 g/mol. The quantitative estimate of drug-likeness (QED) is 0.321. The highest BCUT2D eigenvalue weighted by Crippen LogP contribution is 2.48. The summed E-state index contributed by atoms with van der Waals surface area (Å²) in [6, 6.07) is 16.3. The number of halogens is 3. The highest BCUT2D eigenvalue weighted by molar-refractivity contribution is 5.85. The first-order valence-electron chi connectivity index (χ1n) is 11.4. The Bertz CT molecular complexity index is 1380. The van der Waals surface area contributed by atoms with Crippen LogP contribution in [0, 0.1) is 6.92 Å². The van der Waals surface area contributed by atoms with Gasteiger partial charge in [0.1, 0.15) is 29.5 Å². The second kappa shape index (κ2) is 8.83. The van der Waals surface area contributed by atoms with Gasteiger partial charge in [-0.25, -0.2) is 4.98 Å². The van der Waals surface area contributed by atoms with Crippen LogP contribution in [0.1, 0.15) is 23.1 Å². The van der Waals surface area contributed by atoms with Crippen molar-refractivity contribution in [3.8, 4) is 22.9 Å². The van der Waals surface area contributed by atoms with Crippen molar-refractivity contribution in [1.82, 2.24) is 9.55 Å². The third-order valence-corrected chi connectivity index (χ3v) is 6.54. The van der Waals surface area contributed by atoms with Gasteiger partial charge in [-0.05, 0) is 43.2 Å². The Hall–Kier alpha value is -3.68. The van der Waals surface area contributed by atoms with Gasteiger partial charge in [0.25, 0.3) is 0 Å². The van der Waals surface area contributed by atoms with Crippen molar-refractivity contribution < 1.29 is 22.6 Å². The molecule has 0 amide bonds. The third-order valence-electron chi connectivity index (χ3n) is 6.54. The molecule has 0 saturated carbocycles. The van der Waals surface area contributed by atoms with Crippen LogP contribution in [0.3, 0.4) is 0 Å². The summed E-state index contributed by atoms with van der Waals surface area (Å²) in [5.41, 5.74) is 2.55. The minimum absolute atomic E-state index is 0.000890. The molecule has 0 radical (unpaired) electrons. The van der Waals surface area contributed by atoms with Crippen LogP contribution in [0.15, 0.2) is 54.6 Å². The molecule has 1 aliphatic rings. The van der Waals surface area contributed by atoms with E-state index in [-0.39, 0.29) is 23.7 Å². The van der Waals surface area contributed by atoms with E-state index in [9.17, 15) is 13.2 Å². The SMILES string of the molecule is COc1cc(-c2nc3cc(N4CCC4)ccc3n2C)c(C(F)(F)F)c(OCc2ccccc2)c1C. The Labute approximate surface area is 201 Å². The molecule has 0 N–H and O–H groups in total. The Balaban J connectivity index is 1.67. The summed E-state index contributed by atoms with van der Waals surface area (Å²) in [6.07, 6.45) is -3.53. The van der Waals surface area contributed by atoms with Crippen LogP contribution in [0.5, 0.6) is 11.5 Å². The van der Waals surface area contributed by atoms with Gasteiger partial charge in [-0.2, -0.15) is 13.2 Å². The molecule has 3 aromatic carbocycles. The lowest BCUT2D eigenvalue weighted by atomic mass is 10.00. The van der Waals surface area contributed by atoms with E-state index in [1.165, 1.54) is 13.2 Å². The Morgan fingerprint density at radius 3 is 2.40 bits per heavy atom. The van der Waals surface area contributed by atoms with Crippen molar-refractivity contribution in [2.75, 3.05) is 25.1 Å². The number of methoxy groups -OCH3 is 1. The van der Waals surface area contributed by atoms with Crippen molar-refractivity contribution in [2.45, 2.75) is 26.1 Å². The van der Waals surface area contributed by atoms with Gasteiger partial charge in [0, 0.05) is 37.0 Å². The van der Waals surface area contributed by atoms with Crippen LogP contribution in [-0.4, -0.2) is 29.8 Å². The molecule has 8 heteroatoms. The summed E-state index contributed by atoms with van der Waals surface area (Å²) in [5, 5.41) is 0. The molecule has 0 unspecified atom stereocenters. The molecule has 0 bridgehead atoms. The first-order chi connectivity index (χ1) is 16.8. The molecule has 1 fully saturated rings. The highest BCUT2D eigenvalue weighted by Gasteiger charge is 2.40. The summed E-state index contributed by atoms with van der Waals surface area (Å²) in [6.45, 7) is 3.52. The van der Waals surface area contributed by atoms with Crippen molar-refractivity contribution in [3.05, 3.63) is 71.3 Å². The van der Waals surface area contributed by atoms with Crippen LogP contribution in [-0.2, 0) is 19.8 Å². The van der Waals surface area contributed by atoms with Gasteiger partial charge >= 0.3 is 6.18 Å². The van der Waals surface area contributed by atoms with Crippen LogP contribution in [0.25, 0.3) is 22.4 Å². The smallest absolute Gasteiger partial charge is 0.420 e. The molecular weight excluding hydrogens is 455 g/mol. The molecular formula is C27H26F3N3O2. The number of aromatic nitrogens is 2. The number of alkyl halides is 3. The zero-order chi connectivity index (χ0) is 24.7. The van der Waals surface area contributed by atoms with Crippen LogP contribution >= 0.6 is 0 Å². The van der Waals surface area contributed by atoms with E-state index in [1.54, 1.807) is 18.5 Å². The van der Waals surface area contributed by atoms with Gasteiger partial charge in [0.05, 0.1) is 18.1 Å². The summed E-state index contributed by atoms with van der Waals surface area (Å²) >= 11 is 0. The predicted octanol–water partition coefficient (Wildman–Crippen LogP) is 6.37. The normalized spacial score (nSPS) is 13.7. The van der Waals surface area contributed by atoms with Gasteiger partial charge in [-0.3, -0.25) is 0 Å². The molecule has 1 saturated heterocycles. The maximum Gasteiger partial charge on any atom is 0.420 e. The van der Waals surface area contributed by atoms with Crippen molar-refractivity contribution >= 4 is 16.7 Å². The summed E-state index contributed by atoms with van der Waals surface area (Å²) < 4.78 is 56.7. The zero-order valence-corrected chi connectivity index (χ0v) is 19.8. The Kier molecular flexibility index (Phi) is 5.83. The number of imidazole rings is 1. The maximum atomic E-state index is 14.6. The fourth-order valence-electron chi connectivity index (χ4n) is 4.51. The Morgan fingerprint density at radius 2 is 1.77 bits per heavy atom. The van der Waals surface area contributed by atoms with E-state index >= 15 is 0 Å². The molecule has 1 aromatic heterocycles. The average molecular weight is 482 g/mol. The third kappa shape index (κ3) is 4.17. The topological polar surface area (TPSA) is 39.5 Å². The molecule has 5 nitrogen and oxygen atoms in total. The number of anilines is 1. The fourth-order valence-corrected chi connectivity index (χ4v) is 4.51. The number of aryl methyl sites for hydroxylation is 1. The van der Waals surface area contributed by atoms with Gasteiger partial charge in [-0.15, -0.1) is 0 Å². The van der Waals surface area contributed by atoms with E-state index in [2.05, 4.69) is 9.88 Å². The van der Waals surface area contributed by atoms with Crippen LogP contribution < -0.4 is 14.4 Å². The summed E-state index contributed by atoms with van der Waals surface area (Å²) in [4.78, 5) is 6.87. The number of fused-ring (bicyclic) bond motifs is 1. The van der Waals surface area contributed by atoms with Gasteiger partial charge < -0.3 is 18.9 Å². The number of benzene rings is 3. The average Bonchev–Trinajstić information content (AvgIpc) is 3.12. The minimum atomic E-state index is -4.67. The number of nitrogens with zero attached hydrogens (tertiary/aromatic N) is 3. The zero-order valence-electron chi connectivity index (χ0n) is 19.8. The minimum Gasteiger partial charge on any atom is -0.496 e. The second-order valence-corrected chi connectivity index (χ2v) is 8.74. The molecule has 35 heavy (non-hydrogen) atoms. The van der Waals surface area contributed by atoms with Crippen LogP contribution in [0.2, 0.25) is 0 Å². The molecule has 0 atom stereocenters. The molecule has 0 spiro atoms. The lowest BCUT2D eigenvalue weighted by molar-refractivity contribution is -0.138.